The second kappa shape index (κ2) is 12.1. The largest absolute Gasteiger partial charge is 0.416 e. The van der Waals surface area contributed by atoms with Crippen LogP contribution in [0.25, 0.3) is 16.8 Å². The molecule has 2 aliphatic rings. The maximum absolute atomic E-state index is 13.2. The van der Waals surface area contributed by atoms with Crippen molar-refractivity contribution in [3.05, 3.63) is 77.0 Å². The van der Waals surface area contributed by atoms with Crippen LogP contribution in [0, 0.1) is 12.8 Å². The molecule has 1 unspecified atom stereocenters. The summed E-state index contributed by atoms with van der Waals surface area (Å²) in [5.41, 5.74) is 11.7. The molecule has 43 heavy (non-hydrogen) atoms. The second-order valence-corrected chi connectivity index (χ2v) is 13.7. The molecular formula is C31H38F3N5O3S. The van der Waals surface area contributed by atoms with E-state index in [4.69, 9.17) is 10.8 Å². The maximum atomic E-state index is 13.2. The van der Waals surface area contributed by atoms with Gasteiger partial charge in [-0.3, -0.25) is 4.68 Å². The summed E-state index contributed by atoms with van der Waals surface area (Å²) in [5, 5.41) is 15.8. The zero-order valence-electron chi connectivity index (χ0n) is 24.4. The van der Waals surface area contributed by atoms with Gasteiger partial charge in [0, 0.05) is 54.1 Å². The van der Waals surface area contributed by atoms with Gasteiger partial charge in [-0.05, 0) is 68.6 Å². The Bertz CT molecular complexity index is 1590. The molecule has 3 N–H and O–H groups in total. The Balaban J connectivity index is 1.28. The third-order valence-corrected chi connectivity index (χ3v) is 9.79. The fraction of sp³-hybridized carbons (Fsp3) is 0.452. The number of likely N-dealkylation sites (tertiary alicyclic amines) is 1. The van der Waals surface area contributed by atoms with E-state index >= 15 is 0 Å². The number of benzene rings is 2. The number of hydrogen-bond donors (Lipinski definition) is 2. The van der Waals surface area contributed by atoms with Crippen LogP contribution in [0.1, 0.15) is 40.8 Å². The van der Waals surface area contributed by atoms with Crippen LogP contribution in [-0.2, 0) is 35.7 Å². The second-order valence-electron chi connectivity index (χ2n) is 11.7. The highest BCUT2D eigenvalue weighted by atomic mass is 32.2. The van der Waals surface area contributed by atoms with E-state index in [1.165, 1.54) is 16.4 Å². The van der Waals surface area contributed by atoms with Gasteiger partial charge < -0.3 is 15.7 Å². The Kier molecular flexibility index (Phi) is 8.77. The number of aliphatic hydroxyl groups excluding tert-OH is 1. The van der Waals surface area contributed by atoms with Crippen LogP contribution < -0.4 is 5.73 Å². The molecule has 8 nitrogen and oxygen atoms in total. The first-order chi connectivity index (χ1) is 20.2. The molecule has 0 aliphatic carbocycles. The van der Waals surface area contributed by atoms with Crippen molar-refractivity contribution in [2.75, 3.05) is 38.2 Å². The summed E-state index contributed by atoms with van der Waals surface area (Å²) in [6.45, 7) is 8.93. The average molecular weight is 618 g/mol. The molecule has 1 fully saturated rings. The molecule has 0 saturated carbocycles. The number of piperidine rings is 1. The van der Waals surface area contributed by atoms with Gasteiger partial charge in [-0.15, -0.1) is 0 Å². The fourth-order valence-electron chi connectivity index (χ4n) is 6.14. The highest BCUT2D eigenvalue weighted by molar-refractivity contribution is 7.88. The molecule has 3 aromatic rings. The Morgan fingerprint density at radius 3 is 2.42 bits per heavy atom. The zero-order chi connectivity index (χ0) is 31.1. The number of anilines is 1. The fourth-order valence-corrected chi connectivity index (χ4v) is 6.92. The molecule has 12 heteroatoms. The van der Waals surface area contributed by atoms with Crippen molar-refractivity contribution in [2.45, 2.75) is 51.6 Å². The van der Waals surface area contributed by atoms with E-state index in [9.17, 15) is 26.7 Å². The molecule has 0 spiro atoms. The van der Waals surface area contributed by atoms with Crippen molar-refractivity contribution in [3.8, 4) is 11.3 Å². The first kappa shape index (κ1) is 31.2. The van der Waals surface area contributed by atoms with Gasteiger partial charge in [0.05, 0.1) is 30.2 Å². The molecule has 0 amide bonds. The minimum Gasteiger partial charge on any atom is -0.398 e. The molecule has 0 bridgehead atoms. The van der Waals surface area contributed by atoms with E-state index in [1.807, 2.05) is 19.1 Å². The lowest BCUT2D eigenvalue weighted by Gasteiger charge is -2.34. The minimum absolute atomic E-state index is 0.0729. The summed E-state index contributed by atoms with van der Waals surface area (Å²) >= 11 is 0. The van der Waals surface area contributed by atoms with Crippen molar-refractivity contribution in [2.24, 2.45) is 5.92 Å². The topological polar surface area (TPSA) is 105 Å². The number of sulfonamides is 1. The number of allylic oxidation sites excluding steroid dienone is 1. The van der Waals surface area contributed by atoms with Crippen LogP contribution in [0.4, 0.5) is 18.9 Å². The molecule has 1 atom stereocenters. The lowest BCUT2D eigenvalue weighted by Crippen LogP contribution is -2.41. The Labute approximate surface area is 250 Å². The van der Waals surface area contributed by atoms with Crippen molar-refractivity contribution < 1.29 is 26.7 Å². The summed E-state index contributed by atoms with van der Waals surface area (Å²) in [4.78, 5) is 2.21. The maximum Gasteiger partial charge on any atom is 0.416 e. The summed E-state index contributed by atoms with van der Waals surface area (Å²) in [6.07, 6.45) is -1.89. The molecule has 3 heterocycles. The SMILES string of the molecule is C=C(c1cc(C)ccc1N)C1CCN(CC(O)Cn2nc(-c3ccc(C(F)(F)F)cc3)c3c2CCN(S(C)(=O)=O)C3)CC1. The number of β-amino-alcohol motifs (C(OH)–C–C–N with tert-alkyl or cyclic N) is 1. The molecule has 2 aliphatic heterocycles. The van der Waals surface area contributed by atoms with E-state index in [-0.39, 0.29) is 19.6 Å². The zero-order valence-corrected chi connectivity index (χ0v) is 25.3. The molecule has 1 aromatic heterocycles. The normalized spacial score (nSPS) is 18.0. The van der Waals surface area contributed by atoms with Crippen LogP contribution in [0.2, 0.25) is 0 Å². The summed E-state index contributed by atoms with van der Waals surface area (Å²) in [5.74, 6) is 0.305. The van der Waals surface area contributed by atoms with Crippen molar-refractivity contribution in [1.29, 1.82) is 0 Å². The van der Waals surface area contributed by atoms with Gasteiger partial charge >= 0.3 is 6.18 Å². The third-order valence-electron chi connectivity index (χ3n) is 8.54. The van der Waals surface area contributed by atoms with Gasteiger partial charge in [0.25, 0.3) is 0 Å². The average Bonchev–Trinajstić information content (AvgIpc) is 3.31. The predicted octanol–water partition coefficient (Wildman–Crippen LogP) is 4.56. The predicted molar refractivity (Wildman–Crippen MR) is 161 cm³/mol. The van der Waals surface area contributed by atoms with Gasteiger partial charge in [-0.2, -0.15) is 22.6 Å². The van der Waals surface area contributed by atoms with Gasteiger partial charge in [-0.25, -0.2) is 8.42 Å². The van der Waals surface area contributed by atoms with Gasteiger partial charge in [0.2, 0.25) is 10.0 Å². The van der Waals surface area contributed by atoms with E-state index < -0.39 is 27.9 Å². The first-order valence-electron chi connectivity index (χ1n) is 14.4. The van der Waals surface area contributed by atoms with Crippen molar-refractivity contribution in [3.63, 3.8) is 0 Å². The highest BCUT2D eigenvalue weighted by Crippen LogP contribution is 2.36. The highest BCUT2D eigenvalue weighted by Gasteiger charge is 2.33. The van der Waals surface area contributed by atoms with E-state index in [1.54, 1.807) is 4.68 Å². The van der Waals surface area contributed by atoms with Gasteiger partial charge in [-0.1, -0.05) is 30.3 Å². The molecule has 232 valence electrons. The summed E-state index contributed by atoms with van der Waals surface area (Å²) in [7, 11) is -3.48. The molecule has 0 radical (unpaired) electrons. The number of nitrogens with zero attached hydrogens (tertiary/aromatic N) is 4. The Morgan fingerprint density at radius 2 is 1.79 bits per heavy atom. The number of rotatable bonds is 8. The lowest BCUT2D eigenvalue weighted by atomic mass is 9.85. The number of fused-ring (bicyclic) bond motifs is 1. The monoisotopic (exact) mass is 617 g/mol. The van der Waals surface area contributed by atoms with E-state index in [2.05, 4.69) is 17.5 Å². The number of alkyl halides is 3. The number of nitrogen functional groups attached to an aromatic ring is 1. The van der Waals surface area contributed by atoms with Crippen LogP contribution >= 0.6 is 0 Å². The number of hydrogen-bond acceptors (Lipinski definition) is 6. The molecule has 2 aromatic carbocycles. The van der Waals surface area contributed by atoms with Crippen LogP contribution in [0.5, 0.6) is 0 Å². The van der Waals surface area contributed by atoms with Crippen LogP contribution in [0.15, 0.2) is 49.0 Å². The van der Waals surface area contributed by atoms with Crippen molar-refractivity contribution in [1.82, 2.24) is 19.0 Å². The van der Waals surface area contributed by atoms with Gasteiger partial charge in [0.15, 0.2) is 0 Å². The number of nitrogens with two attached hydrogens (primary N) is 1. The quantitative estimate of drug-likeness (QED) is 0.359. The Hall–Kier alpha value is -3.19. The third kappa shape index (κ3) is 6.98. The number of aliphatic hydroxyl groups is 1. The van der Waals surface area contributed by atoms with Crippen LogP contribution in [0.3, 0.4) is 0 Å². The Morgan fingerprint density at radius 1 is 1.12 bits per heavy atom. The van der Waals surface area contributed by atoms with E-state index in [0.29, 0.717) is 35.7 Å². The summed E-state index contributed by atoms with van der Waals surface area (Å²) < 4.78 is 67.1. The number of aromatic nitrogens is 2. The van der Waals surface area contributed by atoms with Gasteiger partial charge in [0.1, 0.15) is 0 Å². The van der Waals surface area contributed by atoms with Crippen LogP contribution in [-0.4, -0.2) is 71.0 Å². The number of aryl methyl sites for hydroxylation is 1. The number of halogens is 3. The molecular weight excluding hydrogens is 579 g/mol. The lowest BCUT2D eigenvalue weighted by molar-refractivity contribution is -0.137. The smallest absolute Gasteiger partial charge is 0.398 e. The van der Waals surface area contributed by atoms with Crippen molar-refractivity contribution >= 4 is 21.3 Å². The standard InChI is InChI=1S/C31H38F3N5O3S/c1-20-4-9-28(35)26(16-20)21(2)22-10-13-37(14-11-22)17-25(40)18-39-29-12-15-38(43(3,41)42)19-27(29)30(36-39)23-5-7-24(8-6-23)31(32,33)34/h4-9,16,22,25,40H,2,10-15,17-19,35H2,1,3H3. The minimum atomic E-state index is -4.47. The molecule has 1 saturated heterocycles. The van der Waals surface area contributed by atoms with E-state index in [0.717, 1.165) is 72.4 Å². The first-order valence-corrected chi connectivity index (χ1v) is 16.2. The molecule has 5 rings (SSSR count). The summed E-state index contributed by atoms with van der Waals surface area (Å²) in [6, 6.07) is 10.7.